The molecule has 2 atom stereocenters. The molecule has 0 aliphatic carbocycles. The van der Waals surface area contributed by atoms with E-state index in [1.165, 1.54) is 0 Å². The van der Waals surface area contributed by atoms with Crippen LogP contribution in [-0.2, 0) is 23.9 Å². The van der Waals surface area contributed by atoms with E-state index < -0.39 is 12.0 Å². The second-order valence-electron chi connectivity index (χ2n) is 7.09. The minimum Gasteiger partial charge on any atom is -0.463 e. The van der Waals surface area contributed by atoms with Crippen molar-refractivity contribution in [3.05, 3.63) is 61.2 Å². The van der Waals surface area contributed by atoms with Gasteiger partial charge < -0.3 is 25.2 Å². The fraction of sp³-hybridized carbons (Fsp3) is 0.458. The highest BCUT2D eigenvalue weighted by Gasteiger charge is 2.24. The van der Waals surface area contributed by atoms with E-state index >= 15 is 0 Å². The zero-order valence-corrected chi connectivity index (χ0v) is 18.5. The van der Waals surface area contributed by atoms with Gasteiger partial charge in [0.15, 0.2) is 0 Å². The number of hydrogen-bond donors (Lipinski definition) is 3. The van der Waals surface area contributed by atoms with Crippen molar-refractivity contribution in [3.63, 3.8) is 0 Å². The molecule has 0 saturated carbocycles. The predicted molar refractivity (Wildman–Crippen MR) is 122 cm³/mol. The van der Waals surface area contributed by atoms with E-state index in [9.17, 15) is 14.4 Å². The zero-order valence-electron chi connectivity index (χ0n) is 18.5. The van der Waals surface area contributed by atoms with Gasteiger partial charge in [-0.15, -0.1) is 13.2 Å². The lowest BCUT2D eigenvalue weighted by Crippen LogP contribution is -2.39. The Bertz CT molecular complexity index is 722. The van der Waals surface area contributed by atoms with Crippen molar-refractivity contribution in [1.29, 1.82) is 0 Å². The maximum absolute atomic E-state index is 12.9. The fourth-order valence-corrected chi connectivity index (χ4v) is 2.87. The molecule has 1 aromatic carbocycles. The van der Waals surface area contributed by atoms with Crippen LogP contribution in [0.25, 0.3) is 0 Å². The third-order valence-electron chi connectivity index (χ3n) is 4.54. The molecule has 8 heteroatoms. The van der Waals surface area contributed by atoms with Gasteiger partial charge in [0.25, 0.3) is 0 Å². The van der Waals surface area contributed by atoms with E-state index in [1.807, 2.05) is 30.3 Å². The van der Waals surface area contributed by atoms with Crippen LogP contribution in [0.5, 0.6) is 0 Å². The van der Waals surface area contributed by atoms with Crippen LogP contribution in [0.2, 0.25) is 0 Å². The molecule has 0 bridgehead atoms. The Hall–Kier alpha value is -2.97. The number of aliphatic hydroxyl groups excluding tert-OH is 1. The van der Waals surface area contributed by atoms with Crippen LogP contribution in [0.3, 0.4) is 0 Å². The highest BCUT2D eigenvalue weighted by Crippen LogP contribution is 2.17. The van der Waals surface area contributed by atoms with Gasteiger partial charge in [0, 0.05) is 19.4 Å². The second kappa shape index (κ2) is 16.7. The molecule has 176 valence electrons. The van der Waals surface area contributed by atoms with Crippen LogP contribution in [0, 0.1) is 5.92 Å². The molecule has 0 saturated heterocycles. The lowest BCUT2D eigenvalue weighted by Gasteiger charge is -2.22. The number of ether oxygens (including phenoxy) is 2. The average Bonchev–Trinajstić information content (AvgIpc) is 2.80. The molecule has 3 N–H and O–H groups in total. The summed E-state index contributed by atoms with van der Waals surface area (Å²) in [5.41, 5.74) is 0.792. The molecule has 0 aliphatic rings. The third kappa shape index (κ3) is 11.4. The Balaban J connectivity index is 2.71. The van der Waals surface area contributed by atoms with Crippen molar-refractivity contribution in [3.8, 4) is 0 Å². The van der Waals surface area contributed by atoms with Crippen LogP contribution >= 0.6 is 0 Å². The lowest BCUT2D eigenvalue weighted by molar-refractivity contribution is -0.145. The predicted octanol–water partition coefficient (Wildman–Crippen LogP) is 2.06. The van der Waals surface area contributed by atoms with E-state index in [4.69, 9.17) is 14.6 Å². The number of rotatable bonds is 17. The van der Waals surface area contributed by atoms with Gasteiger partial charge in [-0.25, -0.2) is 0 Å². The van der Waals surface area contributed by atoms with Gasteiger partial charge in [-0.3, -0.25) is 14.4 Å². The molecule has 0 heterocycles. The monoisotopic (exact) mass is 446 g/mol. The minimum atomic E-state index is -0.617. The van der Waals surface area contributed by atoms with E-state index in [0.717, 1.165) is 5.56 Å². The Morgan fingerprint density at radius 3 is 2.50 bits per heavy atom. The van der Waals surface area contributed by atoms with Crippen LogP contribution in [0.15, 0.2) is 55.6 Å². The summed E-state index contributed by atoms with van der Waals surface area (Å²) < 4.78 is 10.4. The smallest absolute Gasteiger partial charge is 0.306 e. The molecule has 0 spiro atoms. The summed E-state index contributed by atoms with van der Waals surface area (Å²) in [6.07, 6.45) is 4.28. The molecule has 2 amide bonds. The number of hydrogen-bond acceptors (Lipinski definition) is 6. The first kappa shape index (κ1) is 27.1. The molecule has 1 rings (SSSR count). The SMILES string of the molecule is C=CCCC(=O)OCC(NC(=O)C(CC=C)CC(=O)NCCOCCO)c1ccccc1. The van der Waals surface area contributed by atoms with Gasteiger partial charge in [0.2, 0.25) is 11.8 Å². The first-order valence-corrected chi connectivity index (χ1v) is 10.7. The van der Waals surface area contributed by atoms with Gasteiger partial charge in [0.1, 0.15) is 6.61 Å². The van der Waals surface area contributed by atoms with Crippen LogP contribution in [0.4, 0.5) is 0 Å². The molecule has 32 heavy (non-hydrogen) atoms. The Morgan fingerprint density at radius 1 is 1.09 bits per heavy atom. The number of carbonyl (C=O) groups excluding carboxylic acids is 3. The standard InChI is InChI=1S/C24H34N2O6/c1-3-5-12-23(29)32-18-21(19-10-7-6-8-11-19)26-24(30)20(9-4-2)17-22(28)25-13-15-31-16-14-27/h3-4,6-8,10-11,20-21,27H,1-2,5,9,12-18H2,(H,25,28)(H,26,30). The Morgan fingerprint density at radius 2 is 1.84 bits per heavy atom. The number of benzene rings is 1. The molecule has 8 nitrogen and oxygen atoms in total. The number of nitrogens with one attached hydrogen (secondary N) is 2. The molecule has 2 unspecified atom stereocenters. The highest BCUT2D eigenvalue weighted by molar-refractivity contribution is 5.86. The lowest BCUT2D eigenvalue weighted by atomic mass is 9.98. The first-order valence-electron chi connectivity index (χ1n) is 10.7. The summed E-state index contributed by atoms with van der Waals surface area (Å²) in [4.78, 5) is 37.1. The Labute approximate surface area is 189 Å². The summed E-state index contributed by atoms with van der Waals surface area (Å²) in [7, 11) is 0. The van der Waals surface area contributed by atoms with Crippen molar-refractivity contribution in [2.45, 2.75) is 31.7 Å². The normalized spacial score (nSPS) is 12.3. The summed E-state index contributed by atoms with van der Waals surface area (Å²) in [6, 6.07) is 8.66. The van der Waals surface area contributed by atoms with Gasteiger partial charge in [0.05, 0.1) is 31.8 Å². The van der Waals surface area contributed by atoms with Crippen molar-refractivity contribution in [2.75, 3.05) is 33.0 Å². The highest BCUT2D eigenvalue weighted by atomic mass is 16.5. The van der Waals surface area contributed by atoms with Crippen LogP contribution < -0.4 is 10.6 Å². The van der Waals surface area contributed by atoms with Crippen molar-refractivity contribution in [1.82, 2.24) is 10.6 Å². The van der Waals surface area contributed by atoms with Crippen molar-refractivity contribution < 1.29 is 29.0 Å². The fourth-order valence-electron chi connectivity index (χ4n) is 2.87. The van der Waals surface area contributed by atoms with E-state index in [0.29, 0.717) is 12.8 Å². The number of allylic oxidation sites excluding steroid dienone is 2. The van der Waals surface area contributed by atoms with Gasteiger partial charge >= 0.3 is 5.97 Å². The summed E-state index contributed by atoms with van der Waals surface area (Å²) >= 11 is 0. The van der Waals surface area contributed by atoms with Gasteiger partial charge in [-0.1, -0.05) is 42.5 Å². The molecule has 0 fully saturated rings. The maximum Gasteiger partial charge on any atom is 0.306 e. The van der Waals surface area contributed by atoms with Gasteiger partial charge in [-0.2, -0.15) is 0 Å². The largest absolute Gasteiger partial charge is 0.463 e. The average molecular weight is 447 g/mol. The molecule has 1 aromatic rings. The van der Waals surface area contributed by atoms with Crippen LogP contribution in [0.1, 0.15) is 37.3 Å². The van der Waals surface area contributed by atoms with E-state index in [-0.39, 0.29) is 63.6 Å². The number of carbonyl (C=O) groups is 3. The summed E-state index contributed by atoms with van der Waals surface area (Å²) in [6.45, 7) is 7.94. The van der Waals surface area contributed by atoms with Gasteiger partial charge in [-0.05, 0) is 18.4 Å². The molecule has 0 aliphatic heterocycles. The Kier molecular flexibility index (Phi) is 14.1. The second-order valence-corrected chi connectivity index (χ2v) is 7.09. The van der Waals surface area contributed by atoms with Crippen molar-refractivity contribution >= 4 is 17.8 Å². The van der Waals surface area contributed by atoms with Crippen LogP contribution in [-0.4, -0.2) is 55.9 Å². The van der Waals surface area contributed by atoms with E-state index in [2.05, 4.69) is 23.8 Å². The van der Waals surface area contributed by atoms with Crippen molar-refractivity contribution in [2.24, 2.45) is 5.92 Å². The third-order valence-corrected chi connectivity index (χ3v) is 4.54. The zero-order chi connectivity index (χ0) is 23.6. The molecular weight excluding hydrogens is 412 g/mol. The topological polar surface area (TPSA) is 114 Å². The minimum absolute atomic E-state index is 0.0130. The van der Waals surface area contributed by atoms with E-state index in [1.54, 1.807) is 12.2 Å². The quantitative estimate of drug-likeness (QED) is 0.192. The summed E-state index contributed by atoms with van der Waals surface area (Å²) in [5.74, 6) is -1.60. The molecule has 0 radical (unpaired) electrons. The number of amides is 2. The maximum atomic E-state index is 12.9. The first-order chi connectivity index (χ1) is 15.5. The summed E-state index contributed by atoms with van der Waals surface area (Å²) in [5, 5.41) is 14.3. The molecule has 0 aromatic heterocycles. The number of esters is 1. The molecular formula is C24H34N2O6. The number of aliphatic hydroxyl groups is 1.